The Bertz CT molecular complexity index is 1600. The third kappa shape index (κ3) is 4.96. The molecule has 2 N–H and O–H groups in total. The van der Waals surface area contributed by atoms with Crippen LogP contribution in [0.15, 0.2) is 91.3 Å². The van der Waals surface area contributed by atoms with Gasteiger partial charge in [0.25, 0.3) is 0 Å². The second kappa shape index (κ2) is 10.8. The van der Waals surface area contributed by atoms with E-state index in [9.17, 15) is 4.79 Å². The Kier molecular flexibility index (Phi) is 6.95. The molecular formula is C29H26N6O2S2. The van der Waals surface area contributed by atoms with Gasteiger partial charge in [0.05, 0.1) is 46.5 Å². The van der Waals surface area contributed by atoms with Crippen LogP contribution < -0.4 is 15.4 Å². The van der Waals surface area contributed by atoms with Crippen molar-refractivity contribution in [2.24, 2.45) is 0 Å². The van der Waals surface area contributed by atoms with E-state index in [-0.39, 0.29) is 24.4 Å². The topological polar surface area (TPSA) is 84.3 Å². The molecule has 0 saturated carbocycles. The highest BCUT2D eigenvalue weighted by molar-refractivity contribution is 7.80. The van der Waals surface area contributed by atoms with Gasteiger partial charge in [-0.2, -0.15) is 0 Å². The Hall–Kier alpha value is -4.28. The molecule has 6 rings (SSSR count). The zero-order valence-electron chi connectivity index (χ0n) is 21.2. The van der Waals surface area contributed by atoms with Gasteiger partial charge in [-0.25, -0.2) is 4.98 Å². The van der Waals surface area contributed by atoms with Crippen LogP contribution in [0.1, 0.15) is 29.9 Å². The van der Waals surface area contributed by atoms with Crippen LogP contribution in [-0.4, -0.2) is 44.1 Å². The number of hydrogen-bond acceptors (Lipinski definition) is 6. The van der Waals surface area contributed by atoms with Gasteiger partial charge < -0.3 is 20.3 Å². The minimum Gasteiger partial charge on any atom is -0.495 e. The van der Waals surface area contributed by atoms with Gasteiger partial charge >= 0.3 is 0 Å². The summed E-state index contributed by atoms with van der Waals surface area (Å²) < 4.78 is 8.61. The molecular weight excluding hydrogens is 528 g/mol. The number of carbonyl (C=O) groups is 1. The molecule has 2 aromatic carbocycles. The van der Waals surface area contributed by atoms with Crippen molar-refractivity contribution in [3.63, 3.8) is 0 Å². The molecule has 10 heteroatoms. The molecule has 1 amide bonds. The van der Waals surface area contributed by atoms with Crippen molar-refractivity contribution in [1.29, 1.82) is 0 Å². The number of amides is 1. The molecule has 5 aromatic rings. The molecule has 0 bridgehead atoms. The van der Waals surface area contributed by atoms with Crippen LogP contribution in [0.4, 0.5) is 5.69 Å². The summed E-state index contributed by atoms with van der Waals surface area (Å²) in [4.78, 5) is 24.6. The van der Waals surface area contributed by atoms with E-state index in [0.29, 0.717) is 23.1 Å². The number of methoxy groups -OCH3 is 1. The number of thiazole rings is 1. The van der Waals surface area contributed by atoms with Crippen LogP contribution in [0, 0.1) is 0 Å². The maximum atomic E-state index is 13.0. The summed E-state index contributed by atoms with van der Waals surface area (Å²) in [6.07, 6.45) is 4.05. The number of pyridine rings is 1. The van der Waals surface area contributed by atoms with Gasteiger partial charge in [0, 0.05) is 25.4 Å². The molecule has 1 aliphatic rings. The van der Waals surface area contributed by atoms with E-state index in [1.807, 2.05) is 72.9 Å². The average Bonchev–Trinajstić information content (AvgIpc) is 3.69. The summed E-state index contributed by atoms with van der Waals surface area (Å²) in [7, 11) is 1.59. The van der Waals surface area contributed by atoms with E-state index < -0.39 is 0 Å². The molecule has 4 heterocycles. The number of anilines is 1. The number of hydrogen-bond donors (Lipinski definition) is 2. The lowest BCUT2D eigenvalue weighted by Gasteiger charge is -2.28. The van der Waals surface area contributed by atoms with Crippen molar-refractivity contribution in [2.45, 2.75) is 18.5 Å². The van der Waals surface area contributed by atoms with E-state index in [1.54, 1.807) is 24.6 Å². The van der Waals surface area contributed by atoms with Crippen molar-refractivity contribution in [1.82, 2.24) is 24.8 Å². The fraction of sp³-hybridized carbons (Fsp3) is 0.172. The summed E-state index contributed by atoms with van der Waals surface area (Å²) in [5.74, 6) is 0.495. The molecule has 3 aromatic heterocycles. The van der Waals surface area contributed by atoms with Crippen molar-refractivity contribution in [2.75, 3.05) is 19.0 Å². The van der Waals surface area contributed by atoms with Crippen LogP contribution in [0.3, 0.4) is 0 Å². The molecule has 1 aliphatic heterocycles. The number of ether oxygens (including phenoxy) is 1. The Morgan fingerprint density at radius 1 is 1.08 bits per heavy atom. The summed E-state index contributed by atoms with van der Waals surface area (Å²) in [5, 5.41) is 7.89. The van der Waals surface area contributed by atoms with Gasteiger partial charge in [-0.3, -0.25) is 14.3 Å². The summed E-state index contributed by atoms with van der Waals surface area (Å²) >= 11 is 7.45. The highest BCUT2D eigenvalue weighted by atomic mass is 32.1. The summed E-state index contributed by atoms with van der Waals surface area (Å²) in [6.45, 7) is 0.422. The predicted octanol–water partition coefficient (Wildman–Crippen LogP) is 5.49. The van der Waals surface area contributed by atoms with Gasteiger partial charge in [-0.1, -0.05) is 41.7 Å². The minimum absolute atomic E-state index is 0.121. The molecule has 1 saturated heterocycles. The molecule has 0 spiro atoms. The number of para-hydroxylation sites is 3. The van der Waals surface area contributed by atoms with Gasteiger partial charge in [-0.15, -0.1) is 0 Å². The first-order chi connectivity index (χ1) is 19.1. The van der Waals surface area contributed by atoms with Crippen LogP contribution in [0.5, 0.6) is 5.75 Å². The fourth-order valence-electron chi connectivity index (χ4n) is 4.92. The summed E-state index contributed by atoms with van der Waals surface area (Å²) in [5.41, 5.74) is 3.49. The highest BCUT2D eigenvalue weighted by Gasteiger charge is 2.41. The molecule has 0 unspecified atom stereocenters. The number of rotatable bonds is 8. The van der Waals surface area contributed by atoms with E-state index in [1.165, 1.54) is 0 Å². The van der Waals surface area contributed by atoms with Gasteiger partial charge in [0.2, 0.25) is 5.91 Å². The van der Waals surface area contributed by atoms with Gasteiger partial charge in [-0.05, 0) is 60.7 Å². The Morgan fingerprint density at radius 2 is 1.90 bits per heavy atom. The second-order valence-electron chi connectivity index (χ2n) is 9.09. The normalized spacial score (nSPS) is 16.8. The lowest BCUT2D eigenvalue weighted by atomic mass is 10.0. The number of thiocarbonyl (C=S) groups is 1. The predicted molar refractivity (Wildman–Crippen MR) is 157 cm³/mol. The zero-order chi connectivity index (χ0) is 26.8. The van der Waals surface area contributed by atoms with Crippen molar-refractivity contribution in [3.8, 4) is 10.9 Å². The summed E-state index contributed by atoms with van der Waals surface area (Å²) in [6, 6.07) is 25.1. The minimum atomic E-state index is -0.200. The largest absolute Gasteiger partial charge is 0.495 e. The van der Waals surface area contributed by atoms with Crippen molar-refractivity contribution < 1.29 is 9.53 Å². The quantitative estimate of drug-likeness (QED) is 0.245. The number of nitrogens with one attached hydrogen (secondary N) is 2. The van der Waals surface area contributed by atoms with Crippen molar-refractivity contribution in [3.05, 3.63) is 103 Å². The SMILES string of the molecule is COc1ccccc1NC(=O)CCN1C(=S)N[C@@H](c2ccccn2)[C@H]1c1cccn1-c1nc2ccccc2s1. The van der Waals surface area contributed by atoms with E-state index in [0.717, 1.165) is 26.7 Å². The van der Waals surface area contributed by atoms with Gasteiger partial charge in [0.15, 0.2) is 10.2 Å². The lowest BCUT2D eigenvalue weighted by Crippen LogP contribution is -2.33. The Balaban J connectivity index is 1.31. The van der Waals surface area contributed by atoms with E-state index in [2.05, 4.69) is 37.2 Å². The standard InChI is InChI=1S/C29H26N6O2S2/c1-37-23-13-4-2-9-19(23)31-25(36)15-18-35-27(26(33-28(35)38)21-11-6-7-16-30-21)22-12-8-17-34(22)29-32-20-10-3-5-14-24(20)39-29/h2-14,16-17,26-27H,15,18H2,1H3,(H,31,36)(H,33,38)/t26-,27+/m0/s1. The molecule has 1 fully saturated rings. The number of carbonyl (C=O) groups excluding carboxylic acids is 1. The van der Waals surface area contributed by atoms with Crippen LogP contribution >= 0.6 is 23.6 Å². The average molecular weight is 555 g/mol. The zero-order valence-corrected chi connectivity index (χ0v) is 22.8. The fourth-order valence-corrected chi connectivity index (χ4v) is 6.22. The van der Waals surface area contributed by atoms with Crippen molar-refractivity contribution >= 4 is 50.5 Å². The maximum Gasteiger partial charge on any atom is 0.226 e. The molecule has 39 heavy (non-hydrogen) atoms. The molecule has 0 radical (unpaired) electrons. The lowest BCUT2D eigenvalue weighted by molar-refractivity contribution is -0.116. The number of aromatic nitrogens is 3. The third-order valence-corrected chi connectivity index (χ3v) is 8.12. The first kappa shape index (κ1) is 25.0. The Labute approximate surface area is 235 Å². The smallest absolute Gasteiger partial charge is 0.226 e. The van der Waals surface area contributed by atoms with Crippen LogP contribution in [0.2, 0.25) is 0 Å². The molecule has 196 valence electrons. The molecule has 0 aliphatic carbocycles. The molecule has 2 atom stereocenters. The first-order valence-electron chi connectivity index (χ1n) is 12.6. The number of nitrogens with zero attached hydrogens (tertiary/aromatic N) is 4. The third-order valence-electron chi connectivity index (χ3n) is 6.73. The van der Waals surface area contributed by atoms with Crippen LogP contribution in [-0.2, 0) is 4.79 Å². The number of benzene rings is 2. The maximum absolute atomic E-state index is 13.0. The van der Waals surface area contributed by atoms with Crippen LogP contribution in [0.25, 0.3) is 15.3 Å². The Morgan fingerprint density at radius 3 is 2.72 bits per heavy atom. The monoisotopic (exact) mass is 554 g/mol. The molecule has 8 nitrogen and oxygen atoms in total. The second-order valence-corrected chi connectivity index (χ2v) is 10.5. The first-order valence-corrected chi connectivity index (χ1v) is 13.8. The number of fused-ring (bicyclic) bond motifs is 1. The van der Waals surface area contributed by atoms with Gasteiger partial charge in [0.1, 0.15) is 5.75 Å². The highest BCUT2D eigenvalue weighted by Crippen LogP contribution is 2.40. The van der Waals surface area contributed by atoms with E-state index in [4.69, 9.17) is 21.9 Å². The van der Waals surface area contributed by atoms with E-state index >= 15 is 0 Å².